The Kier molecular flexibility index (Phi) is 4.15. The Hall–Kier alpha value is -1.90. The van der Waals surface area contributed by atoms with Crippen molar-refractivity contribution < 1.29 is 9.90 Å². The number of hydrogen-bond donors (Lipinski definition) is 2. The summed E-state index contributed by atoms with van der Waals surface area (Å²) in [6.45, 7) is 4.83. The molecule has 19 heavy (non-hydrogen) atoms. The lowest BCUT2D eigenvalue weighted by atomic mass is 10.2. The van der Waals surface area contributed by atoms with E-state index in [4.69, 9.17) is 5.11 Å². The molecule has 0 aliphatic heterocycles. The lowest BCUT2D eigenvalue weighted by Crippen LogP contribution is -2.09. The molecule has 0 bridgehead atoms. The average molecular weight is 282 g/mol. The largest absolute Gasteiger partial charge is 0.481 e. The molecule has 0 atom stereocenters. The lowest BCUT2D eigenvalue weighted by Gasteiger charge is -2.10. The predicted molar refractivity (Wildman–Crippen MR) is 68.6 cm³/mol. The van der Waals surface area contributed by atoms with Gasteiger partial charge >= 0.3 is 5.97 Å². The number of carboxylic acid groups (broad SMARTS) is 1. The molecule has 2 aromatic rings. The monoisotopic (exact) mass is 282 g/mol. The fourth-order valence-electron chi connectivity index (χ4n) is 1.55. The highest BCUT2D eigenvalue weighted by molar-refractivity contribution is 7.99. The zero-order chi connectivity index (χ0) is 13.8. The molecule has 0 radical (unpaired) electrons. The molecule has 0 aliphatic rings. The van der Waals surface area contributed by atoms with Crippen LogP contribution in [0, 0.1) is 5.92 Å². The third-order valence-corrected chi connectivity index (χ3v) is 3.18. The number of carbonyl (C=O) groups is 1. The first-order chi connectivity index (χ1) is 9.08. The highest BCUT2D eigenvalue weighted by Gasteiger charge is 2.17. The minimum Gasteiger partial charge on any atom is -0.481 e. The average Bonchev–Trinajstić information content (AvgIpc) is 2.94. The molecule has 8 nitrogen and oxygen atoms in total. The van der Waals surface area contributed by atoms with Crippen molar-refractivity contribution in [3.8, 4) is 11.5 Å². The second-order valence-corrected chi connectivity index (χ2v) is 5.29. The van der Waals surface area contributed by atoms with Crippen LogP contribution in [0.15, 0.2) is 11.4 Å². The number of aliphatic carboxylic acids is 1. The van der Waals surface area contributed by atoms with Gasteiger partial charge in [0.2, 0.25) is 0 Å². The Morgan fingerprint density at radius 2 is 2.32 bits per heavy atom. The first-order valence-electron chi connectivity index (χ1n) is 5.72. The number of nitrogens with zero attached hydrogens (tertiary/aromatic N) is 5. The van der Waals surface area contributed by atoms with Crippen LogP contribution in [0.25, 0.3) is 11.5 Å². The van der Waals surface area contributed by atoms with Crippen molar-refractivity contribution in [2.24, 2.45) is 5.92 Å². The molecule has 0 aromatic carbocycles. The molecule has 0 unspecified atom stereocenters. The van der Waals surface area contributed by atoms with Crippen molar-refractivity contribution in [2.45, 2.75) is 25.5 Å². The van der Waals surface area contributed by atoms with Crippen LogP contribution in [0.2, 0.25) is 0 Å². The third kappa shape index (κ3) is 3.31. The summed E-state index contributed by atoms with van der Waals surface area (Å²) in [6, 6.07) is 0. The topological polar surface area (TPSA) is 110 Å². The van der Waals surface area contributed by atoms with E-state index < -0.39 is 5.97 Å². The van der Waals surface area contributed by atoms with Gasteiger partial charge < -0.3 is 9.67 Å². The van der Waals surface area contributed by atoms with E-state index in [1.54, 1.807) is 6.20 Å². The van der Waals surface area contributed by atoms with Crippen LogP contribution in [-0.4, -0.2) is 47.0 Å². The van der Waals surface area contributed by atoms with E-state index in [9.17, 15) is 4.79 Å². The molecular formula is C10H14N6O2S. The van der Waals surface area contributed by atoms with Gasteiger partial charge in [0.25, 0.3) is 0 Å². The number of carboxylic acids is 1. The first-order valence-corrected chi connectivity index (χ1v) is 6.70. The highest BCUT2D eigenvalue weighted by Crippen LogP contribution is 2.23. The number of aromatic amines is 1. The summed E-state index contributed by atoms with van der Waals surface area (Å²) in [5, 5.41) is 27.7. The van der Waals surface area contributed by atoms with Gasteiger partial charge in [-0.3, -0.25) is 4.79 Å². The van der Waals surface area contributed by atoms with E-state index in [1.807, 2.05) is 4.57 Å². The maximum atomic E-state index is 10.6. The molecule has 9 heteroatoms. The molecule has 0 saturated carbocycles. The third-order valence-electron chi connectivity index (χ3n) is 2.23. The van der Waals surface area contributed by atoms with Gasteiger partial charge in [0, 0.05) is 6.54 Å². The Labute approximate surface area is 113 Å². The number of H-pyrrole nitrogens is 1. The maximum Gasteiger partial charge on any atom is 0.313 e. The van der Waals surface area contributed by atoms with E-state index in [0.29, 0.717) is 29.1 Å². The van der Waals surface area contributed by atoms with E-state index >= 15 is 0 Å². The summed E-state index contributed by atoms with van der Waals surface area (Å²) in [4.78, 5) is 10.6. The van der Waals surface area contributed by atoms with Crippen LogP contribution in [0.3, 0.4) is 0 Å². The zero-order valence-electron chi connectivity index (χ0n) is 10.6. The van der Waals surface area contributed by atoms with Crippen LogP contribution in [-0.2, 0) is 11.3 Å². The van der Waals surface area contributed by atoms with Crippen LogP contribution >= 0.6 is 11.8 Å². The van der Waals surface area contributed by atoms with Crippen molar-refractivity contribution in [3.05, 3.63) is 6.20 Å². The van der Waals surface area contributed by atoms with Gasteiger partial charge in [0.15, 0.2) is 11.0 Å². The number of aromatic nitrogens is 6. The molecule has 0 saturated heterocycles. The molecule has 0 amide bonds. The molecule has 0 spiro atoms. The molecule has 2 N–H and O–H groups in total. The van der Waals surface area contributed by atoms with Gasteiger partial charge in [-0.2, -0.15) is 15.4 Å². The normalized spacial score (nSPS) is 11.1. The van der Waals surface area contributed by atoms with Crippen LogP contribution in [0.1, 0.15) is 13.8 Å². The molecule has 2 aromatic heterocycles. The van der Waals surface area contributed by atoms with Crippen LogP contribution in [0.4, 0.5) is 0 Å². The summed E-state index contributed by atoms with van der Waals surface area (Å²) >= 11 is 1.15. The second-order valence-electron chi connectivity index (χ2n) is 4.35. The van der Waals surface area contributed by atoms with Gasteiger partial charge in [-0.15, -0.1) is 10.2 Å². The second kappa shape index (κ2) is 5.83. The summed E-state index contributed by atoms with van der Waals surface area (Å²) < 4.78 is 1.87. The van der Waals surface area contributed by atoms with Crippen molar-refractivity contribution >= 4 is 17.7 Å². The first kappa shape index (κ1) is 13.5. The minimum atomic E-state index is -0.882. The molecular weight excluding hydrogens is 268 g/mol. The van der Waals surface area contributed by atoms with Crippen LogP contribution < -0.4 is 0 Å². The number of hydrogen-bond acceptors (Lipinski definition) is 6. The van der Waals surface area contributed by atoms with Crippen LogP contribution in [0.5, 0.6) is 0 Å². The summed E-state index contributed by atoms with van der Waals surface area (Å²) in [5.41, 5.74) is 0.593. The van der Waals surface area contributed by atoms with Crippen molar-refractivity contribution in [1.82, 2.24) is 30.2 Å². The number of nitrogens with one attached hydrogen (secondary N) is 1. The standard InChI is InChI=1S/C10H14N6O2S/c1-6(2)4-16-9(7-3-11-15-12-7)13-14-10(16)19-5-8(17)18/h3,6H,4-5H2,1-2H3,(H,17,18)(H,11,12,15). The van der Waals surface area contributed by atoms with Gasteiger partial charge in [-0.1, -0.05) is 25.6 Å². The van der Waals surface area contributed by atoms with E-state index in [0.717, 1.165) is 11.8 Å². The summed E-state index contributed by atoms with van der Waals surface area (Å²) in [7, 11) is 0. The van der Waals surface area contributed by atoms with Gasteiger partial charge in [-0.05, 0) is 5.92 Å². The summed E-state index contributed by atoms with van der Waals surface area (Å²) in [5.74, 6) is 0.0444. The number of thioether (sulfide) groups is 1. The Morgan fingerprint density at radius 1 is 1.53 bits per heavy atom. The Morgan fingerprint density at radius 3 is 2.89 bits per heavy atom. The maximum absolute atomic E-state index is 10.6. The van der Waals surface area contributed by atoms with E-state index in [2.05, 4.69) is 39.5 Å². The highest BCUT2D eigenvalue weighted by atomic mass is 32.2. The van der Waals surface area contributed by atoms with Gasteiger partial charge in [0.05, 0.1) is 11.9 Å². The van der Waals surface area contributed by atoms with Crippen molar-refractivity contribution in [2.75, 3.05) is 5.75 Å². The van der Waals surface area contributed by atoms with E-state index in [-0.39, 0.29) is 5.75 Å². The molecule has 102 valence electrons. The molecule has 0 aliphatic carbocycles. The number of rotatable bonds is 6. The Bertz CT molecular complexity index is 550. The fourth-order valence-corrected chi connectivity index (χ4v) is 2.22. The fraction of sp³-hybridized carbons (Fsp3) is 0.500. The van der Waals surface area contributed by atoms with Crippen molar-refractivity contribution in [3.63, 3.8) is 0 Å². The molecule has 2 rings (SSSR count). The summed E-state index contributed by atoms with van der Waals surface area (Å²) in [6.07, 6.45) is 1.56. The minimum absolute atomic E-state index is 0.0466. The quantitative estimate of drug-likeness (QED) is 0.757. The van der Waals surface area contributed by atoms with E-state index in [1.165, 1.54) is 0 Å². The Balaban J connectivity index is 2.30. The van der Waals surface area contributed by atoms with Gasteiger partial charge in [-0.25, -0.2) is 0 Å². The van der Waals surface area contributed by atoms with Crippen molar-refractivity contribution in [1.29, 1.82) is 0 Å². The molecule has 0 fully saturated rings. The smallest absolute Gasteiger partial charge is 0.313 e. The predicted octanol–water partition coefficient (Wildman–Crippen LogP) is 0.896. The zero-order valence-corrected chi connectivity index (χ0v) is 11.4. The molecule has 2 heterocycles. The SMILES string of the molecule is CC(C)Cn1c(SCC(=O)O)nnc1-c1cn[nH]n1. The van der Waals surface area contributed by atoms with Gasteiger partial charge in [0.1, 0.15) is 5.69 Å². The lowest BCUT2D eigenvalue weighted by molar-refractivity contribution is -0.133.